The maximum absolute atomic E-state index is 12.1. The van der Waals surface area contributed by atoms with Gasteiger partial charge in [-0.15, -0.1) is 11.5 Å². The highest BCUT2D eigenvalue weighted by Gasteiger charge is 2.33. The van der Waals surface area contributed by atoms with Crippen LogP contribution in [0.4, 0.5) is 12.9 Å². The van der Waals surface area contributed by atoms with Crippen LogP contribution in [0.3, 0.4) is 0 Å². The maximum Gasteiger partial charge on any atom is 0.505 e. The van der Waals surface area contributed by atoms with Gasteiger partial charge in [-0.25, -0.2) is 0 Å². The largest absolute Gasteiger partial charge is 0.505 e. The van der Waals surface area contributed by atoms with Crippen molar-refractivity contribution in [1.82, 2.24) is 0 Å². The molecule has 0 radical (unpaired) electrons. The molecule has 1 nitrogen and oxygen atoms in total. The van der Waals surface area contributed by atoms with Crippen molar-refractivity contribution >= 4 is 6.98 Å². The zero-order chi connectivity index (χ0) is 9.41. The first-order valence-corrected chi connectivity index (χ1v) is 3.92. The number of rotatable bonds is 1. The van der Waals surface area contributed by atoms with Crippen molar-refractivity contribution in [3.63, 3.8) is 0 Å². The van der Waals surface area contributed by atoms with E-state index in [1.165, 1.54) is 0 Å². The molecular weight excluding hydrogens is 168 g/mol. The molecule has 12 heavy (non-hydrogen) atoms. The van der Waals surface area contributed by atoms with E-state index < -0.39 is 18.1 Å². The Balaban J connectivity index is 2.69. The standard InChI is InChI=1S/C7H11BF3O/c1-7(12)4-2-6(3-5-7)8(9,10)11/h2,12H,3-5H2,1H3/q-1. The van der Waals surface area contributed by atoms with Crippen molar-refractivity contribution in [2.24, 2.45) is 0 Å². The third-order valence-corrected chi connectivity index (χ3v) is 2.18. The molecule has 0 heterocycles. The Morgan fingerprint density at radius 2 is 2.08 bits per heavy atom. The molecule has 0 saturated heterocycles. The molecule has 0 amide bonds. The van der Waals surface area contributed by atoms with Gasteiger partial charge in [0.2, 0.25) is 0 Å². The predicted octanol–water partition coefficient (Wildman–Crippen LogP) is 2.23. The highest BCUT2D eigenvalue weighted by atomic mass is 19.4. The van der Waals surface area contributed by atoms with Crippen LogP contribution >= 0.6 is 0 Å². The summed E-state index contributed by atoms with van der Waals surface area (Å²) in [6, 6.07) is 0. The van der Waals surface area contributed by atoms with Crippen LogP contribution in [0.25, 0.3) is 0 Å². The Hall–Kier alpha value is -0.445. The summed E-state index contributed by atoms with van der Waals surface area (Å²) in [5.41, 5.74) is -1.38. The number of aliphatic hydroxyl groups is 1. The summed E-state index contributed by atoms with van der Waals surface area (Å²) in [4.78, 5) is 0. The molecule has 0 saturated carbocycles. The quantitative estimate of drug-likeness (QED) is 0.612. The fraction of sp³-hybridized carbons (Fsp3) is 0.714. The number of halogens is 3. The van der Waals surface area contributed by atoms with Gasteiger partial charge in [-0.1, -0.05) is 6.42 Å². The Morgan fingerprint density at radius 1 is 1.50 bits per heavy atom. The van der Waals surface area contributed by atoms with E-state index >= 15 is 0 Å². The van der Waals surface area contributed by atoms with Crippen LogP contribution in [0.2, 0.25) is 0 Å². The van der Waals surface area contributed by atoms with Gasteiger partial charge in [0.1, 0.15) is 0 Å². The molecule has 1 aliphatic carbocycles. The van der Waals surface area contributed by atoms with E-state index in [0.717, 1.165) is 6.08 Å². The van der Waals surface area contributed by atoms with Crippen LogP contribution in [-0.4, -0.2) is 17.7 Å². The third-order valence-electron chi connectivity index (χ3n) is 2.18. The van der Waals surface area contributed by atoms with E-state index in [1.54, 1.807) is 6.92 Å². The fourth-order valence-electron chi connectivity index (χ4n) is 1.27. The molecule has 0 aromatic heterocycles. The van der Waals surface area contributed by atoms with Gasteiger partial charge in [-0.05, 0) is 19.8 Å². The van der Waals surface area contributed by atoms with Crippen molar-refractivity contribution in [1.29, 1.82) is 0 Å². The topological polar surface area (TPSA) is 20.2 Å². The van der Waals surface area contributed by atoms with Gasteiger partial charge in [-0.3, -0.25) is 0 Å². The molecule has 1 atom stereocenters. The summed E-state index contributed by atoms with van der Waals surface area (Å²) in [6.07, 6.45) is 1.39. The van der Waals surface area contributed by atoms with Crippen molar-refractivity contribution in [3.05, 3.63) is 11.5 Å². The Kier molecular flexibility index (Phi) is 2.25. The van der Waals surface area contributed by atoms with Crippen molar-refractivity contribution < 1.29 is 18.1 Å². The Bertz CT molecular complexity index is 207. The van der Waals surface area contributed by atoms with Gasteiger partial charge in [-0.2, -0.15) is 0 Å². The first-order valence-electron chi connectivity index (χ1n) is 3.92. The minimum Gasteiger partial charge on any atom is -0.445 e. The highest BCUT2D eigenvalue weighted by Crippen LogP contribution is 2.33. The van der Waals surface area contributed by atoms with E-state index in [2.05, 4.69) is 0 Å². The monoisotopic (exact) mass is 179 g/mol. The number of allylic oxidation sites excluding steroid dienone is 1. The second kappa shape index (κ2) is 2.80. The summed E-state index contributed by atoms with van der Waals surface area (Å²) in [5, 5.41) is 9.35. The summed E-state index contributed by atoms with van der Waals surface area (Å²) in [7, 11) is 0. The molecule has 1 unspecified atom stereocenters. The second-order valence-corrected chi connectivity index (χ2v) is 3.55. The minimum atomic E-state index is -4.82. The third kappa shape index (κ3) is 2.27. The predicted molar refractivity (Wildman–Crippen MR) is 41.6 cm³/mol. The van der Waals surface area contributed by atoms with Crippen LogP contribution in [0, 0.1) is 0 Å². The van der Waals surface area contributed by atoms with Crippen molar-refractivity contribution in [3.8, 4) is 0 Å². The van der Waals surface area contributed by atoms with Gasteiger partial charge in [0.15, 0.2) is 0 Å². The van der Waals surface area contributed by atoms with E-state index in [9.17, 15) is 18.1 Å². The van der Waals surface area contributed by atoms with Crippen molar-refractivity contribution in [2.45, 2.75) is 31.8 Å². The lowest BCUT2D eigenvalue weighted by atomic mass is 9.70. The van der Waals surface area contributed by atoms with Crippen LogP contribution in [0.5, 0.6) is 0 Å². The molecular formula is C7H11BF3O-. The van der Waals surface area contributed by atoms with Crippen LogP contribution < -0.4 is 0 Å². The van der Waals surface area contributed by atoms with Crippen LogP contribution in [0.1, 0.15) is 26.2 Å². The summed E-state index contributed by atoms with van der Waals surface area (Å²) in [6.45, 7) is -3.26. The maximum atomic E-state index is 12.1. The Morgan fingerprint density at radius 3 is 2.42 bits per heavy atom. The molecule has 0 spiro atoms. The lowest BCUT2D eigenvalue weighted by Gasteiger charge is -2.31. The summed E-state index contributed by atoms with van der Waals surface area (Å²) < 4.78 is 36.3. The van der Waals surface area contributed by atoms with Gasteiger partial charge in [0, 0.05) is 0 Å². The SMILES string of the molecule is CC1(O)CC=C([B-](F)(F)F)CC1. The molecule has 0 aliphatic heterocycles. The first-order chi connectivity index (χ1) is 5.31. The lowest BCUT2D eigenvalue weighted by molar-refractivity contribution is 0.0499. The Labute approximate surface area is 69.3 Å². The van der Waals surface area contributed by atoms with Crippen LogP contribution in [-0.2, 0) is 0 Å². The van der Waals surface area contributed by atoms with Gasteiger partial charge in [0.05, 0.1) is 5.60 Å². The second-order valence-electron chi connectivity index (χ2n) is 3.55. The molecule has 5 heteroatoms. The zero-order valence-corrected chi connectivity index (χ0v) is 6.86. The zero-order valence-electron chi connectivity index (χ0n) is 6.86. The molecule has 1 N–H and O–H groups in total. The molecule has 0 aromatic carbocycles. The van der Waals surface area contributed by atoms with Crippen LogP contribution in [0.15, 0.2) is 11.5 Å². The van der Waals surface area contributed by atoms with E-state index in [-0.39, 0.29) is 19.3 Å². The average Bonchev–Trinajstić information content (AvgIpc) is 1.83. The van der Waals surface area contributed by atoms with E-state index in [0.29, 0.717) is 0 Å². The normalized spacial score (nSPS) is 31.6. The number of hydrogen-bond acceptors (Lipinski definition) is 1. The van der Waals surface area contributed by atoms with Gasteiger partial charge in [0.25, 0.3) is 0 Å². The van der Waals surface area contributed by atoms with Gasteiger partial charge >= 0.3 is 6.98 Å². The van der Waals surface area contributed by atoms with Crippen molar-refractivity contribution in [2.75, 3.05) is 0 Å². The summed E-state index contributed by atoms with van der Waals surface area (Å²) in [5.74, 6) is 0. The minimum absolute atomic E-state index is 0.0451. The number of hydrogen-bond donors (Lipinski definition) is 1. The summed E-state index contributed by atoms with van der Waals surface area (Å²) >= 11 is 0. The highest BCUT2D eigenvalue weighted by molar-refractivity contribution is 6.66. The molecule has 1 rings (SSSR count). The molecule has 0 fully saturated rings. The fourth-order valence-corrected chi connectivity index (χ4v) is 1.27. The lowest BCUT2D eigenvalue weighted by Crippen LogP contribution is -2.31. The molecule has 70 valence electrons. The van der Waals surface area contributed by atoms with E-state index in [4.69, 9.17) is 0 Å². The molecule has 0 bridgehead atoms. The first kappa shape index (κ1) is 9.64. The van der Waals surface area contributed by atoms with E-state index in [1.807, 2.05) is 0 Å². The smallest absolute Gasteiger partial charge is 0.445 e. The molecule has 0 aromatic rings. The molecule has 1 aliphatic rings. The van der Waals surface area contributed by atoms with Gasteiger partial charge < -0.3 is 18.1 Å². The average molecular weight is 179 g/mol.